The number of amides is 1. The molecule has 3 aromatic carbocycles. The van der Waals surface area contributed by atoms with Gasteiger partial charge in [0.25, 0.3) is 5.91 Å². The number of hydrogen-bond donors (Lipinski definition) is 1. The molecule has 0 spiro atoms. The summed E-state index contributed by atoms with van der Waals surface area (Å²) < 4.78 is 5.54. The number of hydrogen-bond acceptors (Lipinski definition) is 4. The van der Waals surface area contributed by atoms with Gasteiger partial charge in [0.1, 0.15) is 5.75 Å². The van der Waals surface area contributed by atoms with Gasteiger partial charge in [0.15, 0.2) is 6.10 Å². The molecule has 0 saturated carbocycles. The smallest absolute Gasteiger partial charge is 0.276 e. The number of carbonyl (C=O) groups excluding carboxylic acids is 1. The number of phenolic OH excluding ortho intramolecular Hbond substituents is 1. The standard InChI is InChI=1S/C24H22N2O3/c1-29-23(18-12-6-3-7-13-18)24(28)26-21(19-14-8-9-15-22(19)27)16-20(25-26)17-10-4-2-5-11-17/h2-15,21,23,27H,16H2,1H3. The van der Waals surface area contributed by atoms with Gasteiger partial charge >= 0.3 is 0 Å². The SMILES string of the molecule is COC(C(=O)N1N=C(c2ccccc2)CC1c1ccccc1O)c1ccccc1. The summed E-state index contributed by atoms with van der Waals surface area (Å²) in [7, 11) is 1.52. The minimum Gasteiger partial charge on any atom is -0.508 e. The van der Waals surface area contributed by atoms with Gasteiger partial charge in [0, 0.05) is 19.1 Å². The fourth-order valence-electron chi connectivity index (χ4n) is 3.66. The fourth-order valence-corrected chi connectivity index (χ4v) is 3.66. The quantitative estimate of drug-likeness (QED) is 0.704. The van der Waals surface area contributed by atoms with Crippen LogP contribution >= 0.6 is 0 Å². The van der Waals surface area contributed by atoms with Gasteiger partial charge < -0.3 is 9.84 Å². The van der Waals surface area contributed by atoms with Gasteiger partial charge in [-0.25, -0.2) is 5.01 Å². The Hall–Kier alpha value is -3.44. The maximum absolute atomic E-state index is 13.5. The Morgan fingerprint density at radius 3 is 2.28 bits per heavy atom. The molecule has 3 aromatic rings. The second kappa shape index (κ2) is 8.29. The van der Waals surface area contributed by atoms with Crippen LogP contribution in [0, 0.1) is 0 Å². The Kier molecular flexibility index (Phi) is 5.40. The molecular formula is C24H22N2O3. The number of ether oxygens (including phenoxy) is 1. The molecule has 2 unspecified atom stereocenters. The van der Waals surface area contributed by atoms with Crippen molar-refractivity contribution in [3.8, 4) is 5.75 Å². The van der Waals surface area contributed by atoms with Crippen molar-refractivity contribution >= 4 is 11.6 Å². The summed E-state index contributed by atoms with van der Waals surface area (Å²) in [6.45, 7) is 0. The molecule has 146 valence electrons. The Bertz CT molecular complexity index is 1020. The normalized spacial score (nSPS) is 17.1. The van der Waals surface area contributed by atoms with Gasteiger partial charge in [0.2, 0.25) is 0 Å². The number of carbonyl (C=O) groups is 1. The van der Waals surface area contributed by atoms with Crippen molar-refractivity contribution in [3.05, 3.63) is 102 Å². The number of benzene rings is 3. The summed E-state index contributed by atoms with van der Waals surface area (Å²) in [6, 6.07) is 25.8. The van der Waals surface area contributed by atoms with Gasteiger partial charge in [-0.3, -0.25) is 4.79 Å². The molecule has 0 radical (unpaired) electrons. The molecule has 0 aliphatic carbocycles. The molecule has 1 aliphatic rings. The van der Waals surface area contributed by atoms with E-state index >= 15 is 0 Å². The maximum Gasteiger partial charge on any atom is 0.276 e. The Morgan fingerprint density at radius 2 is 1.62 bits per heavy atom. The highest BCUT2D eigenvalue weighted by Crippen LogP contribution is 2.38. The first-order chi connectivity index (χ1) is 14.2. The van der Waals surface area contributed by atoms with Crippen LogP contribution in [0.4, 0.5) is 0 Å². The lowest BCUT2D eigenvalue weighted by molar-refractivity contribution is -0.144. The van der Waals surface area contributed by atoms with E-state index in [1.54, 1.807) is 12.1 Å². The van der Waals surface area contributed by atoms with E-state index in [1.807, 2.05) is 72.8 Å². The van der Waals surface area contributed by atoms with Crippen molar-refractivity contribution in [3.63, 3.8) is 0 Å². The third kappa shape index (κ3) is 3.77. The molecular weight excluding hydrogens is 364 g/mol. The minimum absolute atomic E-state index is 0.147. The van der Waals surface area contributed by atoms with Crippen LogP contribution in [-0.2, 0) is 9.53 Å². The molecule has 2 atom stereocenters. The first kappa shape index (κ1) is 18.9. The molecule has 5 heteroatoms. The highest BCUT2D eigenvalue weighted by atomic mass is 16.5. The zero-order valence-electron chi connectivity index (χ0n) is 16.1. The number of aromatic hydroxyl groups is 1. The van der Waals surface area contributed by atoms with E-state index in [0.29, 0.717) is 12.0 Å². The number of methoxy groups -OCH3 is 1. The first-order valence-corrected chi connectivity index (χ1v) is 9.50. The van der Waals surface area contributed by atoms with Gasteiger partial charge in [-0.15, -0.1) is 0 Å². The number of rotatable bonds is 5. The molecule has 0 saturated heterocycles. The number of phenols is 1. The summed E-state index contributed by atoms with van der Waals surface area (Å²) in [5.41, 5.74) is 3.19. The van der Waals surface area contributed by atoms with Crippen LogP contribution in [0.25, 0.3) is 0 Å². The second-order valence-corrected chi connectivity index (χ2v) is 6.90. The molecule has 4 rings (SSSR count). The third-order valence-corrected chi connectivity index (χ3v) is 5.10. The number of para-hydroxylation sites is 1. The van der Waals surface area contributed by atoms with Gasteiger partial charge in [-0.2, -0.15) is 5.10 Å². The van der Waals surface area contributed by atoms with E-state index in [4.69, 9.17) is 4.74 Å². The van der Waals surface area contributed by atoms with Crippen LogP contribution in [-0.4, -0.2) is 28.8 Å². The molecule has 0 bridgehead atoms. The van der Waals surface area contributed by atoms with Crippen LogP contribution in [0.15, 0.2) is 90.0 Å². The maximum atomic E-state index is 13.5. The molecule has 1 N–H and O–H groups in total. The molecule has 1 heterocycles. The van der Waals surface area contributed by atoms with Gasteiger partial charge in [0.05, 0.1) is 11.8 Å². The summed E-state index contributed by atoms with van der Waals surface area (Å²) in [5.74, 6) is -0.119. The topological polar surface area (TPSA) is 62.1 Å². The zero-order valence-corrected chi connectivity index (χ0v) is 16.1. The fraction of sp³-hybridized carbons (Fsp3) is 0.167. The average molecular weight is 386 g/mol. The van der Waals surface area contributed by atoms with Crippen LogP contribution in [0.5, 0.6) is 5.75 Å². The van der Waals surface area contributed by atoms with Crippen molar-refractivity contribution in [1.82, 2.24) is 5.01 Å². The lowest BCUT2D eigenvalue weighted by Crippen LogP contribution is -2.32. The van der Waals surface area contributed by atoms with Gasteiger partial charge in [-0.1, -0.05) is 78.9 Å². The van der Waals surface area contributed by atoms with Crippen molar-refractivity contribution in [2.24, 2.45) is 5.10 Å². The van der Waals surface area contributed by atoms with E-state index < -0.39 is 12.1 Å². The van der Waals surface area contributed by atoms with E-state index in [2.05, 4.69) is 5.10 Å². The van der Waals surface area contributed by atoms with E-state index in [9.17, 15) is 9.90 Å². The second-order valence-electron chi connectivity index (χ2n) is 6.90. The third-order valence-electron chi connectivity index (χ3n) is 5.10. The van der Waals surface area contributed by atoms with Gasteiger partial charge in [-0.05, 0) is 17.2 Å². The number of hydrazone groups is 1. The Labute approximate surface area is 169 Å². The van der Waals surface area contributed by atoms with Crippen LogP contribution in [0.3, 0.4) is 0 Å². The zero-order chi connectivity index (χ0) is 20.2. The molecule has 29 heavy (non-hydrogen) atoms. The van der Waals surface area contributed by atoms with E-state index in [0.717, 1.165) is 16.8 Å². The molecule has 1 aliphatic heterocycles. The minimum atomic E-state index is -0.775. The van der Waals surface area contributed by atoms with E-state index in [1.165, 1.54) is 12.1 Å². The van der Waals surface area contributed by atoms with Crippen LogP contribution in [0.1, 0.15) is 35.3 Å². The summed E-state index contributed by atoms with van der Waals surface area (Å²) in [4.78, 5) is 13.5. The summed E-state index contributed by atoms with van der Waals surface area (Å²) >= 11 is 0. The molecule has 0 aromatic heterocycles. The molecule has 5 nitrogen and oxygen atoms in total. The van der Waals surface area contributed by atoms with Crippen molar-refractivity contribution in [2.75, 3.05) is 7.11 Å². The molecule has 0 fully saturated rings. The highest BCUT2D eigenvalue weighted by Gasteiger charge is 2.38. The van der Waals surface area contributed by atoms with Crippen LogP contribution < -0.4 is 0 Å². The van der Waals surface area contributed by atoms with Crippen molar-refractivity contribution in [1.29, 1.82) is 0 Å². The van der Waals surface area contributed by atoms with Crippen molar-refractivity contribution in [2.45, 2.75) is 18.6 Å². The number of nitrogens with zero attached hydrogens (tertiary/aromatic N) is 2. The predicted octanol–water partition coefficient (Wildman–Crippen LogP) is 4.46. The van der Waals surface area contributed by atoms with E-state index in [-0.39, 0.29) is 11.7 Å². The van der Waals surface area contributed by atoms with Crippen LogP contribution in [0.2, 0.25) is 0 Å². The first-order valence-electron chi connectivity index (χ1n) is 9.50. The summed E-state index contributed by atoms with van der Waals surface area (Å²) in [5, 5.41) is 16.5. The average Bonchev–Trinajstić information content (AvgIpc) is 3.21. The lowest BCUT2D eigenvalue weighted by atomic mass is 9.97. The Balaban J connectivity index is 1.74. The Morgan fingerprint density at radius 1 is 1.00 bits per heavy atom. The van der Waals surface area contributed by atoms with Crippen molar-refractivity contribution < 1.29 is 14.6 Å². The monoisotopic (exact) mass is 386 g/mol. The molecule has 1 amide bonds. The highest BCUT2D eigenvalue weighted by molar-refractivity contribution is 6.03. The predicted molar refractivity (Wildman–Crippen MR) is 111 cm³/mol. The largest absolute Gasteiger partial charge is 0.508 e. The lowest BCUT2D eigenvalue weighted by Gasteiger charge is -2.26. The summed E-state index contributed by atoms with van der Waals surface area (Å²) in [6.07, 6.45) is -0.262.